The van der Waals surface area contributed by atoms with Crippen LogP contribution in [0.15, 0.2) is 42.5 Å². The van der Waals surface area contributed by atoms with E-state index in [9.17, 15) is 22.0 Å². The molecule has 112 valence electrons. The number of alkyl halides is 3. The average Bonchev–Trinajstić information content (AvgIpc) is 2.40. The van der Waals surface area contributed by atoms with Gasteiger partial charge in [0.15, 0.2) is 0 Å². The molecule has 0 unspecified atom stereocenters. The van der Waals surface area contributed by atoms with Gasteiger partial charge in [-0.25, -0.2) is 8.78 Å². The number of ether oxygens (including phenoxy) is 1. The molecule has 0 radical (unpaired) electrons. The van der Waals surface area contributed by atoms with Crippen LogP contribution in [0.4, 0.5) is 22.0 Å². The van der Waals surface area contributed by atoms with Gasteiger partial charge < -0.3 is 10.5 Å². The molecule has 0 aliphatic carbocycles. The number of hydrogen-bond acceptors (Lipinski definition) is 2. The molecule has 0 saturated heterocycles. The molecule has 0 aliphatic heterocycles. The van der Waals surface area contributed by atoms with Crippen molar-refractivity contribution in [1.82, 2.24) is 0 Å². The van der Waals surface area contributed by atoms with Gasteiger partial charge >= 0.3 is 6.36 Å². The predicted octanol–water partition coefficient (Wildman–Crippen LogP) is 3.91. The highest BCUT2D eigenvalue weighted by Gasteiger charge is 2.31. The fourth-order valence-electron chi connectivity index (χ4n) is 1.81. The van der Waals surface area contributed by atoms with E-state index in [2.05, 4.69) is 4.74 Å². The molecule has 0 fully saturated rings. The Hall–Kier alpha value is -2.15. The third-order valence-corrected chi connectivity index (χ3v) is 2.77. The molecule has 2 rings (SSSR count). The summed E-state index contributed by atoms with van der Waals surface area (Å²) in [7, 11) is 0. The summed E-state index contributed by atoms with van der Waals surface area (Å²) in [6.45, 7) is 0. The van der Waals surface area contributed by atoms with Crippen LogP contribution in [0.3, 0.4) is 0 Å². The van der Waals surface area contributed by atoms with Crippen LogP contribution in [0.1, 0.15) is 17.2 Å². The maximum Gasteiger partial charge on any atom is 0.573 e. The van der Waals surface area contributed by atoms with Gasteiger partial charge in [0.2, 0.25) is 0 Å². The first-order valence-corrected chi connectivity index (χ1v) is 5.82. The summed E-state index contributed by atoms with van der Waals surface area (Å²) < 4.78 is 66.5. The molecule has 21 heavy (non-hydrogen) atoms. The maximum atomic E-state index is 13.6. The first-order valence-electron chi connectivity index (χ1n) is 5.82. The molecule has 0 heterocycles. The van der Waals surface area contributed by atoms with Crippen LogP contribution < -0.4 is 10.5 Å². The van der Waals surface area contributed by atoms with E-state index in [0.717, 1.165) is 30.3 Å². The lowest BCUT2D eigenvalue weighted by molar-refractivity contribution is -0.274. The predicted molar refractivity (Wildman–Crippen MR) is 65.5 cm³/mol. The lowest BCUT2D eigenvalue weighted by Crippen LogP contribution is -2.17. The highest BCUT2D eigenvalue weighted by molar-refractivity contribution is 5.36. The Bertz CT molecular complexity index is 624. The molecule has 2 nitrogen and oxygen atoms in total. The lowest BCUT2D eigenvalue weighted by atomic mass is 9.99. The summed E-state index contributed by atoms with van der Waals surface area (Å²) in [5.41, 5.74) is 6.04. The second-order valence-corrected chi connectivity index (χ2v) is 4.26. The van der Waals surface area contributed by atoms with Crippen LogP contribution in [0.25, 0.3) is 0 Å². The molecular weight excluding hydrogens is 293 g/mol. The number of nitrogens with two attached hydrogens (primary N) is 1. The smallest absolute Gasteiger partial charge is 0.406 e. The van der Waals surface area contributed by atoms with E-state index in [0.29, 0.717) is 5.56 Å². The van der Waals surface area contributed by atoms with Gasteiger partial charge in [-0.15, -0.1) is 13.2 Å². The van der Waals surface area contributed by atoms with Gasteiger partial charge in [-0.1, -0.05) is 12.1 Å². The molecule has 0 bridgehead atoms. The number of halogens is 5. The number of hydrogen-bond donors (Lipinski definition) is 1. The number of benzene rings is 2. The molecule has 0 saturated carbocycles. The molecule has 7 heteroatoms. The minimum Gasteiger partial charge on any atom is -0.406 e. The van der Waals surface area contributed by atoms with Crippen molar-refractivity contribution in [2.24, 2.45) is 5.73 Å². The van der Waals surface area contributed by atoms with Crippen LogP contribution in [0.2, 0.25) is 0 Å². The zero-order valence-corrected chi connectivity index (χ0v) is 10.5. The Balaban J connectivity index is 2.24. The van der Waals surface area contributed by atoms with E-state index >= 15 is 0 Å². The zero-order chi connectivity index (χ0) is 15.6. The molecule has 1 atom stereocenters. The normalized spacial score (nSPS) is 13.0. The highest BCUT2D eigenvalue weighted by Crippen LogP contribution is 2.27. The quantitative estimate of drug-likeness (QED) is 0.873. The minimum atomic E-state index is -4.79. The Morgan fingerprint density at radius 3 is 2.14 bits per heavy atom. The van der Waals surface area contributed by atoms with Crippen molar-refractivity contribution in [1.29, 1.82) is 0 Å². The van der Waals surface area contributed by atoms with E-state index in [1.165, 1.54) is 12.1 Å². The summed E-state index contributed by atoms with van der Waals surface area (Å²) in [5.74, 6) is -1.77. The topological polar surface area (TPSA) is 35.2 Å². The third kappa shape index (κ3) is 3.91. The van der Waals surface area contributed by atoms with E-state index in [-0.39, 0.29) is 5.56 Å². The molecule has 2 aromatic carbocycles. The summed E-state index contributed by atoms with van der Waals surface area (Å²) in [6, 6.07) is 6.46. The van der Waals surface area contributed by atoms with Crippen molar-refractivity contribution in [2.45, 2.75) is 12.4 Å². The van der Waals surface area contributed by atoms with Gasteiger partial charge in [0, 0.05) is 5.56 Å². The Kier molecular flexibility index (Phi) is 4.13. The average molecular weight is 303 g/mol. The van der Waals surface area contributed by atoms with Crippen LogP contribution in [0.5, 0.6) is 5.75 Å². The van der Waals surface area contributed by atoms with Gasteiger partial charge in [-0.3, -0.25) is 0 Å². The van der Waals surface area contributed by atoms with Crippen LogP contribution >= 0.6 is 0 Å². The second-order valence-electron chi connectivity index (χ2n) is 4.26. The van der Waals surface area contributed by atoms with Crippen molar-refractivity contribution in [2.75, 3.05) is 0 Å². The monoisotopic (exact) mass is 303 g/mol. The summed E-state index contributed by atoms with van der Waals surface area (Å²) in [6.07, 6.45) is -4.79. The number of rotatable bonds is 3. The van der Waals surface area contributed by atoms with E-state index in [1.807, 2.05) is 0 Å². The van der Waals surface area contributed by atoms with E-state index in [4.69, 9.17) is 5.73 Å². The molecule has 0 aromatic heterocycles. The van der Waals surface area contributed by atoms with Crippen LogP contribution in [-0.4, -0.2) is 6.36 Å². The first-order chi connectivity index (χ1) is 9.76. The third-order valence-electron chi connectivity index (χ3n) is 2.77. The SMILES string of the molecule is N[C@H](c1ccc(OC(F)(F)F)cc1)c1cc(F)ccc1F. The standard InChI is InChI=1S/C14H10F5NO/c15-9-3-6-12(16)11(7-9)13(20)8-1-4-10(5-2-8)21-14(17,18)19/h1-7,13H,20H2/t13-/m1/s1. The van der Waals surface area contributed by atoms with Crippen LogP contribution in [-0.2, 0) is 0 Å². The molecule has 0 amide bonds. The van der Waals surface area contributed by atoms with Crippen molar-refractivity contribution < 1.29 is 26.7 Å². The Morgan fingerprint density at radius 1 is 0.952 bits per heavy atom. The summed E-state index contributed by atoms with van der Waals surface area (Å²) >= 11 is 0. The molecular formula is C14H10F5NO. The highest BCUT2D eigenvalue weighted by atomic mass is 19.4. The van der Waals surface area contributed by atoms with E-state index in [1.54, 1.807) is 0 Å². The zero-order valence-electron chi connectivity index (χ0n) is 10.5. The van der Waals surface area contributed by atoms with Crippen molar-refractivity contribution in [3.63, 3.8) is 0 Å². The lowest BCUT2D eigenvalue weighted by Gasteiger charge is -2.15. The van der Waals surface area contributed by atoms with Gasteiger partial charge in [-0.05, 0) is 35.9 Å². The summed E-state index contributed by atoms with van der Waals surface area (Å²) in [4.78, 5) is 0. The molecule has 0 spiro atoms. The van der Waals surface area contributed by atoms with Crippen molar-refractivity contribution >= 4 is 0 Å². The Labute approximate surface area is 116 Å². The van der Waals surface area contributed by atoms with Crippen LogP contribution in [0, 0.1) is 11.6 Å². The maximum absolute atomic E-state index is 13.6. The molecule has 2 aromatic rings. The van der Waals surface area contributed by atoms with Gasteiger partial charge in [0.05, 0.1) is 6.04 Å². The summed E-state index contributed by atoms with van der Waals surface area (Å²) in [5, 5.41) is 0. The van der Waals surface area contributed by atoms with Gasteiger partial charge in [-0.2, -0.15) is 0 Å². The van der Waals surface area contributed by atoms with Gasteiger partial charge in [0.25, 0.3) is 0 Å². The second kappa shape index (κ2) is 5.69. The fourth-order valence-corrected chi connectivity index (χ4v) is 1.81. The fraction of sp³-hybridized carbons (Fsp3) is 0.143. The first kappa shape index (κ1) is 15.2. The Morgan fingerprint density at radius 2 is 1.57 bits per heavy atom. The largest absolute Gasteiger partial charge is 0.573 e. The van der Waals surface area contributed by atoms with E-state index < -0.39 is 29.8 Å². The molecule has 2 N–H and O–H groups in total. The van der Waals surface area contributed by atoms with Crippen molar-refractivity contribution in [3.05, 3.63) is 65.2 Å². The minimum absolute atomic E-state index is 0.0838. The van der Waals surface area contributed by atoms with Crippen molar-refractivity contribution in [3.8, 4) is 5.75 Å². The molecule has 0 aliphatic rings. The van der Waals surface area contributed by atoms with Gasteiger partial charge in [0.1, 0.15) is 17.4 Å².